The molecule has 3 aromatic rings. The first-order valence-electron chi connectivity index (χ1n) is 11.1. The molecule has 0 bridgehead atoms. The highest BCUT2D eigenvalue weighted by atomic mass is 32.2. The number of carbonyl (C=O) groups is 1. The average molecular weight is 435 g/mol. The van der Waals surface area contributed by atoms with Crippen molar-refractivity contribution >= 4 is 23.4 Å². The van der Waals surface area contributed by atoms with Crippen molar-refractivity contribution in [3.8, 4) is 0 Å². The van der Waals surface area contributed by atoms with Crippen LogP contribution in [-0.2, 0) is 11.2 Å². The Hall–Kier alpha value is -2.60. The fourth-order valence-corrected chi connectivity index (χ4v) is 5.04. The summed E-state index contributed by atoms with van der Waals surface area (Å²) in [6.07, 6.45) is 6.85. The molecule has 31 heavy (non-hydrogen) atoms. The first-order chi connectivity index (χ1) is 15.1. The van der Waals surface area contributed by atoms with Gasteiger partial charge in [0.1, 0.15) is 5.82 Å². The van der Waals surface area contributed by atoms with Crippen LogP contribution in [0.2, 0.25) is 0 Å². The van der Waals surface area contributed by atoms with Crippen molar-refractivity contribution in [3.63, 3.8) is 0 Å². The molecule has 1 aliphatic carbocycles. The van der Waals surface area contributed by atoms with E-state index >= 15 is 0 Å². The van der Waals surface area contributed by atoms with Crippen LogP contribution in [0.25, 0.3) is 0 Å². The van der Waals surface area contributed by atoms with Crippen LogP contribution in [0.1, 0.15) is 60.7 Å². The largest absolute Gasteiger partial charge is 0.325 e. The maximum atomic E-state index is 12.6. The molecule has 1 N–H and O–H groups in total. The Kier molecular flexibility index (Phi) is 7.07. The Labute approximate surface area is 188 Å². The van der Waals surface area contributed by atoms with Gasteiger partial charge in [-0.15, -0.1) is 10.2 Å². The number of aromatic nitrogens is 3. The third-order valence-corrected chi connectivity index (χ3v) is 7.03. The Morgan fingerprint density at radius 3 is 2.58 bits per heavy atom. The van der Waals surface area contributed by atoms with Crippen molar-refractivity contribution in [1.82, 2.24) is 14.8 Å². The molecular weight excluding hydrogens is 404 g/mol. The van der Waals surface area contributed by atoms with Gasteiger partial charge in [-0.25, -0.2) is 0 Å². The van der Waals surface area contributed by atoms with Crippen LogP contribution in [0, 0.1) is 13.8 Å². The highest BCUT2D eigenvalue weighted by Crippen LogP contribution is 2.33. The van der Waals surface area contributed by atoms with Crippen LogP contribution >= 0.6 is 11.8 Å². The molecule has 0 unspecified atom stereocenters. The summed E-state index contributed by atoms with van der Waals surface area (Å²) in [6, 6.07) is 16.8. The minimum Gasteiger partial charge on any atom is -0.325 e. The normalized spacial score (nSPS) is 14.5. The fraction of sp³-hybridized carbons (Fsp3) is 0.400. The standard InChI is InChI=1S/C25H30N4OS/c1-18-10-9-15-22(19(18)2)26-24(30)17-31-25-28-27-23(16-20-11-5-3-6-12-20)29(25)21-13-7-4-8-14-21/h3,5-6,9-12,15,21H,4,7-8,13-14,16-17H2,1-2H3,(H,26,30). The monoisotopic (exact) mass is 434 g/mol. The summed E-state index contributed by atoms with van der Waals surface area (Å²) in [4.78, 5) is 12.6. The Balaban J connectivity index is 1.49. The van der Waals surface area contributed by atoms with Crippen LogP contribution in [0.4, 0.5) is 5.69 Å². The van der Waals surface area contributed by atoms with E-state index in [1.54, 1.807) is 0 Å². The lowest BCUT2D eigenvalue weighted by Gasteiger charge is -2.25. The number of amides is 1. The quantitative estimate of drug-likeness (QED) is 0.483. The van der Waals surface area contributed by atoms with Gasteiger partial charge >= 0.3 is 0 Å². The number of carbonyl (C=O) groups excluding carboxylic acids is 1. The lowest BCUT2D eigenvalue weighted by molar-refractivity contribution is -0.113. The molecule has 1 aliphatic rings. The van der Waals surface area contributed by atoms with E-state index in [2.05, 4.69) is 57.3 Å². The van der Waals surface area contributed by atoms with E-state index in [1.807, 2.05) is 25.1 Å². The predicted molar refractivity (Wildman–Crippen MR) is 127 cm³/mol. The number of hydrogen-bond acceptors (Lipinski definition) is 4. The summed E-state index contributed by atoms with van der Waals surface area (Å²) < 4.78 is 2.31. The molecule has 1 heterocycles. The van der Waals surface area contributed by atoms with E-state index in [-0.39, 0.29) is 5.91 Å². The maximum absolute atomic E-state index is 12.6. The third-order valence-electron chi connectivity index (χ3n) is 6.09. The zero-order valence-corrected chi connectivity index (χ0v) is 19.1. The van der Waals surface area contributed by atoms with Crippen molar-refractivity contribution in [3.05, 3.63) is 71.0 Å². The van der Waals surface area contributed by atoms with Gasteiger partial charge in [-0.3, -0.25) is 4.79 Å². The molecular formula is C25H30N4OS. The average Bonchev–Trinajstić information content (AvgIpc) is 3.19. The number of hydrogen-bond donors (Lipinski definition) is 1. The van der Waals surface area contributed by atoms with Gasteiger partial charge in [-0.2, -0.15) is 0 Å². The van der Waals surface area contributed by atoms with Crippen LogP contribution in [0.3, 0.4) is 0 Å². The Bertz CT molecular complexity index is 1030. The highest BCUT2D eigenvalue weighted by Gasteiger charge is 2.23. The summed E-state index contributed by atoms with van der Waals surface area (Å²) in [6.45, 7) is 4.09. The van der Waals surface area contributed by atoms with Crippen molar-refractivity contribution in [2.75, 3.05) is 11.1 Å². The van der Waals surface area contributed by atoms with E-state index in [0.717, 1.165) is 41.5 Å². The Morgan fingerprint density at radius 1 is 1.03 bits per heavy atom. The van der Waals surface area contributed by atoms with E-state index in [9.17, 15) is 4.79 Å². The molecule has 1 amide bonds. The van der Waals surface area contributed by atoms with Gasteiger partial charge in [-0.1, -0.05) is 73.5 Å². The number of aryl methyl sites for hydroxylation is 1. The summed E-state index contributed by atoms with van der Waals surface area (Å²) in [5.74, 6) is 1.31. The molecule has 5 nitrogen and oxygen atoms in total. The molecule has 6 heteroatoms. The second-order valence-corrected chi connectivity index (χ2v) is 9.25. The van der Waals surface area contributed by atoms with Crippen LogP contribution < -0.4 is 5.32 Å². The number of rotatable bonds is 7. The van der Waals surface area contributed by atoms with E-state index in [4.69, 9.17) is 0 Å². The van der Waals surface area contributed by atoms with Gasteiger partial charge in [0.2, 0.25) is 5.91 Å². The molecule has 4 rings (SSSR count). The van der Waals surface area contributed by atoms with Crippen molar-refractivity contribution in [1.29, 1.82) is 0 Å². The van der Waals surface area contributed by atoms with Crippen molar-refractivity contribution in [2.24, 2.45) is 0 Å². The first-order valence-corrected chi connectivity index (χ1v) is 12.1. The van der Waals surface area contributed by atoms with Gasteiger partial charge in [0.25, 0.3) is 0 Å². The summed E-state index contributed by atoms with van der Waals surface area (Å²) in [5, 5.41) is 12.9. The molecule has 0 radical (unpaired) electrons. The predicted octanol–water partition coefficient (Wildman–Crippen LogP) is 5.72. The number of thioether (sulfide) groups is 1. The highest BCUT2D eigenvalue weighted by molar-refractivity contribution is 7.99. The second kappa shape index (κ2) is 10.1. The summed E-state index contributed by atoms with van der Waals surface area (Å²) in [7, 11) is 0. The van der Waals surface area contributed by atoms with Gasteiger partial charge < -0.3 is 9.88 Å². The number of nitrogens with zero attached hydrogens (tertiary/aromatic N) is 3. The zero-order valence-electron chi connectivity index (χ0n) is 18.3. The van der Waals surface area contributed by atoms with E-state index in [1.165, 1.54) is 42.2 Å². The molecule has 0 atom stereocenters. The smallest absolute Gasteiger partial charge is 0.234 e. The molecule has 0 aliphatic heterocycles. The molecule has 1 aromatic heterocycles. The van der Waals surface area contributed by atoms with Crippen LogP contribution in [0.15, 0.2) is 53.7 Å². The fourth-order valence-electron chi connectivity index (χ4n) is 4.21. The lowest BCUT2D eigenvalue weighted by atomic mass is 9.95. The maximum Gasteiger partial charge on any atom is 0.234 e. The van der Waals surface area contributed by atoms with E-state index in [0.29, 0.717) is 11.8 Å². The van der Waals surface area contributed by atoms with Gasteiger partial charge in [-0.05, 0) is 49.4 Å². The minimum absolute atomic E-state index is 0.0125. The lowest BCUT2D eigenvalue weighted by Crippen LogP contribution is -2.18. The minimum atomic E-state index is -0.0125. The van der Waals surface area contributed by atoms with Crippen LogP contribution in [-0.4, -0.2) is 26.4 Å². The molecule has 0 spiro atoms. The molecule has 0 saturated heterocycles. The summed E-state index contributed by atoms with van der Waals surface area (Å²) >= 11 is 1.49. The van der Waals surface area contributed by atoms with Crippen molar-refractivity contribution < 1.29 is 4.79 Å². The van der Waals surface area contributed by atoms with E-state index < -0.39 is 0 Å². The summed E-state index contributed by atoms with van der Waals surface area (Å²) in [5.41, 5.74) is 4.39. The molecule has 1 saturated carbocycles. The molecule has 2 aromatic carbocycles. The van der Waals surface area contributed by atoms with Gasteiger partial charge in [0.05, 0.1) is 5.75 Å². The topological polar surface area (TPSA) is 59.8 Å². The third kappa shape index (κ3) is 5.37. The van der Waals surface area contributed by atoms with Crippen LogP contribution in [0.5, 0.6) is 0 Å². The SMILES string of the molecule is Cc1cccc(NC(=O)CSc2nnc(Cc3ccccc3)n2C2CCCCC2)c1C. The van der Waals surface area contributed by atoms with Gasteiger partial charge in [0.15, 0.2) is 5.16 Å². The first kappa shape index (κ1) is 21.6. The van der Waals surface area contributed by atoms with Crippen molar-refractivity contribution in [2.45, 2.75) is 63.6 Å². The zero-order chi connectivity index (χ0) is 21.6. The van der Waals surface area contributed by atoms with Gasteiger partial charge in [0, 0.05) is 18.2 Å². The Morgan fingerprint density at radius 2 is 1.81 bits per heavy atom. The molecule has 1 fully saturated rings. The molecule has 162 valence electrons. The number of benzene rings is 2. The number of anilines is 1. The second-order valence-electron chi connectivity index (χ2n) is 8.31. The number of nitrogens with one attached hydrogen (secondary N) is 1.